The number of nitro groups is 1. The Labute approximate surface area is 139 Å². The van der Waals surface area contributed by atoms with Crippen molar-refractivity contribution >= 4 is 24.0 Å². The Bertz CT molecular complexity index is 628. The minimum Gasteiger partial charge on any atom is -0.338 e. The van der Waals surface area contributed by atoms with Crippen LogP contribution in [0.1, 0.15) is 29.6 Å². The molecule has 3 atom stereocenters. The summed E-state index contributed by atoms with van der Waals surface area (Å²) < 4.78 is 13.4. The number of rotatable bonds is 2. The van der Waals surface area contributed by atoms with E-state index in [0.29, 0.717) is 19.0 Å². The lowest BCUT2D eigenvalue weighted by atomic mass is 9.78. The molecule has 23 heavy (non-hydrogen) atoms. The Morgan fingerprint density at radius 2 is 2.09 bits per heavy atom. The molecule has 1 heterocycles. The highest BCUT2D eigenvalue weighted by Gasteiger charge is 2.41. The molecule has 2 N–H and O–H groups in total. The van der Waals surface area contributed by atoms with Crippen LogP contribution in [0.5, 0.6) is 0 Å². The van der Waals surface area contributed by atoms with Gasteiger partial charge in [0.25, 0.3) is 11.6 Å². The number of nitrogens with two attached hydrogens (primary N) is 1. The molecule has 2 aliphatic rings. The number of nitro benzene ring substituents is 1. The van der Waals surface area contributed by atoms with Crippen LogP contribution in [0.15, 0.2) is 18.2 Å². The lowest BCUT2D eigenvalue weighted by Gasteiger charge is -2.29. The van der Waals surface area contributed by atoms with E-state index in [2.05, 4.69) is 0 Å². The maximum atomic E-state index is 13.4. The lowest BCUT2D eigenvalue weighted by Crippen LogP contribution is -2.38. The van der Waals surface area contributed by atoms with Gasteiger partial charge in [-0.05, 0) is 36.8 Å². The molecule has 2 fully saturated rings. The molecule has 3 rings (SSSR count). The molecular weight excluding hydrogens is 325 g/mol. The molecule has 1 aliphatic heterocycles. The van der Waals surface area contributed by atoms with Crippen molar-refractivity contribution in [2.24, 2.45) is 17.6 Å². The molecule has 3 unspecified atom stereocenters. The van der Waals surface area contributed by atoms with Crippen molar-refractivity contribution in [2.45, 2.75) is 25.3 Å². The summed E-state index contributed by atoms with van der Waals surface area (Å²) in [4.78, 5) is 24.6. The fourth-order valence-corrected chi connectivity index (χ4v) is 3.69. The van der Waals surface area contributed by atoms with Crippen LogP contribution in [0, 0.1) is 27.8 Å². The van der Waals surface area contributed by atoms with Crippen LogP contribution in [0.25, 0.3) is 0 Å². The number of halogens is 2. The first-order valence-corrected chi connectivity index (χ1v) is 7.46. The minimum atomic E-state index is -0.651. The maximum absolute atomic E-state index is 13.4. The number of hydrogen-bond acceptors (Lipinski definition) is 4. The molecule has 0 spiro atoms. The average Bonchev–Trinajstić information content (AvgIpc) is 2.91. The summed E-state index contributed by atoms with van der Waals surface area (Å²) in [6, 6.07) is 3.05. The van der Waals surface area contributed by atoms with Crippen LogP contribution in [-0.2, 0) is 0 Å². The first-order chi connectivity index (χ1) is 10.5. The first-order valence-electron chi connectivity index (χ1n) is 7.46. The number of amides is 1. The van der Waals surface area contributed by atoms with E-state index in [1.54, 1.807) is 4.90 Å². The Kier molecular flexibility index (Phi) is 5.21. The van der Waals surface area contributed by atoms with Crippen LogP contribution >= 0.6 is 12.4 Å². The minimum absolute atomic E-state index is 0. The summed E-state index contributed by atoms with van der Waals surface area (Å²) in [6.07, 6.45) is 3.02. The van der Waals surface area contributed by atoms with Gasteiger partial charge in [-0.25, -0.2) is 4.39 Å². The van der Waals surface area contributed by atoms with Crippen molar-refractivity contribution in [3.63, 3.8) is 0 Å². The first kappa shape index (κ1) is 17.6. The predicted molar refractivity (Wildman–Crippen MR) is 85.0 cm³/mol. The zero-order chi connectivity index (χ0) is 15.9. The molecule has 1 saturated heterocycles. The van der Waals surface area contributed by atoms with Gasteiger partial charge < -0.3 is 10.6 Å². The molecule has 8 heteroatoms. The Hall–Kier alpha value is -1.73. The van der Waals surface area contributed by atoms with E-state index < -0.39 is 16.6 Å². The maximum Gasteiger partial charge on any atom is 0.282 e. The Morgan fingerprint density at radius 1 is 1.35 bits per heavy atom. The van der Waals surface area contributed by atoms with E-state index in [9.17, 15) is 19.3 Å². The fraction of sp³-hybridized carbons (Fsp3) is 0.533. The van der Waals surface area contributed by atoms with Gasteiger partial charge >= 0.3 is 0 Å². The third-order valence-corrected chi connectivity index (χ3v) is 4.83. The number of hydrogen-bond donors (Lipinski definition) is 1. The van der Waals surface area contributed by atoms with Gasteiger partial charge in [0.2, 0.25) is 0 Å². The molecule has 1 aromatic rings. The van der Waals surface area contributed by atoms with Crippen LogP contribution in [0.4, 0.5) is 10.1 Å². The van der Waals surface area contributed by atoms with Gasteiger partial charge in [-0.3, -0.25) is 14.9 Å². The van der Waals surface area contributed by atoms with E-state index in [0.717, 1.165) is 37.5 Å². The molecule has 126 valence electrons. The topological polar surface area (TPSA) is 89.5 Å². The van der Waals surface area contributed by atoms with Crippen molar-refractivity contribution in [3.05, 3.63) is 39.7 Å². The lowest BCUT2D eigenvalue weighted by molar-refractivity contribution is -0.385. The van der Waals surface area contributed by atoms with Crippen molar-refractivity contribution in [2.75, 3.05) is 13.1 Å². The number of carbonyl (C=O) groups excluding carboxylic acids is 1. The van der Waals surface area contributed by atoms with Gasteiger partial charge in [-0.15, -0.1) is 12.4 Å². The monoisotopic (exact) mass is 343 g/mol. The average molecular weight is 344 g/mol. The summed E-state index contributed by atoms with van der Waals surface area (Å²) in [5, 5.41) is 11.0. The number of likely N-dealkylation sites (tertiary alicyclic amines) is 1. The Morgan fingerprint density at radius 3 is 2.74 bits per heavy atom. The molecule has 1 aromatic carbocycles. The van der Waals surface area contributed by atoms with Crippen LogP contribution in [-0.4, -0.2) is 34.9 Å². The highest BCUT2D eigenvalue weighted by atomic mass is 35.5. The summed E-state index contributed by atoms with van der Waals surface area (Å²) in [6.45, 7) is 1.04. The zero-order valence-corrected chi connectivity index (χ0v) is 13.3. The van der Waals surface area contributed by atoms with Crippen LogP contribution in [0.2, 0.25) is 0 Å². The highest BCUT2D eigenvalue weighted by Crippen LogP contribution is 2.36. The summed E-state index contributed by atoms with van der Waals surface area (Å²) in [7, 11) is 0. The third kappa shape index (κ3) is 3.30. The SMILES string of the molecule is Cl.NC1CCCC2CN(C(=O)c3cc(F)ccc3[N+](=O)[O-])CC12. The zero-order valence-electron chi connectivity index (χ0n) is 12.5. The van der Waals surface area contributed by atoms with Gasteiger partial charge in [0.15, 0.2) is 0 Å². The standard InChI is InChI=1S/C15H18FN3O3.ClH/c16-10-4-5-14(19(21)22)11(6-10)15(20)18-7-9-2-1-3-13(17)12(9)8-18;/h4-6,9,12-13H,1-3,7-8,17H2;1H. The second kappa shape index (κ2) is 6.80. The van der Waals surface area contributed by atoms with Crippen molar-refractivity contribution < 1.29 is 14.1 Å². The van der Waals surface area contributed by atoms with Gasteiger partial charge in [0.05, 0.1) is 4.92 Å². The summed E-state index contributed by atoms with van der Waals surface area (Å²) >= 11 is 0. The van der Waals surface area contributed by atoms with Crippen LogP contribution in [0.3, 0.4) is 0 Å². The van der Waals surface area contributed by atoms with Gasteiger partial charge in [0.1, 0.15) is 11.4 Å². The normalized spacial score (nSPS) is 26.3. The number of carbonyl (C=O) groups is 1. The number of benzene rings is 1. The van der Waals surface area contributed by atoms with Crippen molar-refractivity contribution in [1.82, 2.24) is 4.90 Å². The van der Waals surface area contributed by atoms with E-state index in [-0.39, 0.29) is 35.6 Å². The predicted octanol–water partition coefficient (Wildman–Crippen LogP) is 2.36. The fourth-order valence-electron chi connectivity index (χ4n) is 3.69. The summed E-state index contributed by atoms with van der Waals surface area (Å²) in [5.41, 5.74) is 5.58. The molecule has 6 nitrogen and oxygen atoms in total. The van der Waals surface area contributed by atoms with Gasteiger partial charge in [0, 0.05) is 25.2 Å². The third-order valence-electron chi connectivity index (χ3n) is 4.83. The van der Waals surface area contributed by atoms with E-state index in [4.69, 9.17) is 5.73 Å². The molecule has 1 amide bonds. The van der Waals surface area contributed by atoms with Gasteiger partial charge in [-0.2, -0.15) is 0 Å². The van der Waals surface area contributed by atoms with E-state index >= 15 is 0 Å². The Balaban J connectivity index is 0.00000192. The van der Waals surface area contributed by atoms with Crippen LogP contribution < -0.4 is 5.73 Å². The molecule has 1 saturated carbocycles. The smallest absolute Gasteiger partial charge is 0.282 e. The molecule has 1 aliphatic carbocycles. The number of nitrogens with zero attached hydrogens (tertiary/aromatic N) is 2. The quantitative estimate of drug-likeness (QED) is 0.659. The van der Waals surface area contributed by atoms with Crippen molar-refractivity contribution in [3.8, 4) is 0 Å². The van der Waals surface area contributed by atoms with E-state index in [1.165, 1.54) is 0 Å². The molecular formula is C15H19ClFN3O3. The highest BCUT2D eigenvalue weighted by molar-refractivity contribution is 5.98. The second-order valence-electron chi connectivity index (χ2n) is 6.15. The molecule has 0 radical (unpaired) electrons. The van der Waals surface area contributed by atoms with Crippen molar-refractivity contribution in [1.29, 1.82) is 0 Å². The summed E-state index contributed by atoms with van der Waals surface area (Å²) in [5.74, 6) is -0.541. The number of fused-ring (bicyclic) bond motifs is 1. The van der Waals surface area contributed by atoms with E-state index in [1.807, 2.05) is 0 Å². The molecule has 0 bridgehead atoms. The molecule has 0 aromatic heterocycles. The largest absolute Gasteiger partial charge is 0.338 e. The van der Waals surface area contributed by atoms with Gasteiger partial charge in [-0.1, -0.05) is 6.42 Å². The second-order valence-corrected chi connectivity index (χ2v) is 6.15.